The van der Waals surface area contributed by atoms with E-state index in [0.717, 1.165) is 10.8 Å². The molecular weight excluding hydrogens is 266 g/mol. The van der Waals surface area contributed by atoms with Crippen LogP contribution in [-0.2, 0) is 9.53 Å². The number of amides is 1. The molecule has 1 radical (unpaired) electrons. The van der Waals surface area contributed by atoms with E-state index in [1.165, 1.54) is 0 Å². The van der Waals surface area contributed by atoms with Gasteiger partial charge >= 0.3 is 6.09 Å². The Morgan fingerprint density at radius 2 is 1.81 bits per heavy atom. The summed E-state index contributed by atoms with van der Waals surface area (Å²) in [6.07, 6.45) is 1.23. The second-order valence-electron chi connectivity index (χ2n) is 5.77. The van der Waals surface area contributed by atoms with E-state index >= 15 is 0 Å². The summed E-state index contributed by atoms with van der Waals surface area (Å²) >= 11 is 0. The van der Waals surface area contributed by atoms with E-state index in [2.05, 4.69) is 5.32 Å². The molecule has 4 nitrogen and oxygen atoms in total. The molecule has 21 heavy (non-hydrogen) atoms. The minimum Gasteiger partial charge on any atom is -0.444 e. The molecular formula is C17H18NO3. The maximum atomic E-state index is 11.8. The van der Waals surface area contributed by atoms with Crippen LogP contribution < -0.4 is 5.32 Å². The molecule has 1 amide bonds. The van der Waals surface area contributed by atoms with Gasteiger partial charge in [-0.3, -0.25) is 4.79 Å². The molecule has 0 fully saturated rings. The van der Waals surface area contributed by atoms with E-state index < -0.39 is 17.7 Å². The monoisotopic (exact) mass is 284 g/mol. The third kappa shape index (κ3) is 3.81. The average Bonchev–Trinajstić information content (AvgIpc) is 2.42. The fourth-order valence-electron chi connectivity index (χ4n) is 2.10. The zero-order valence-corrected chi connectivity index (χ0v) is 12.3. The van der Waals surface area contributed by atoms with Gasteiger partial charge in [-0.2, -0.15) is 0 Å². The smallest absolute Gasteiger partial charge is 0.408 e. The molecule has 0 saturated heterocycles. The van der Waals surface area contributed by atoms with Crippen molar-refractivity contribution in [2.75, 3.05) is 0 Å². The molecule has 4 heteroatoms. The third-order valence-corrected chi connectivity index (χ3v) is 2.91. The van der Waals surface area contributed by atoms with Crippen molar-refractivity contribution in [3.8, 4) is 0 Å². The summed E-state index contributed by atoms with van der Waals surface area (Å²) < 4.78 is 5.17. The minimum absolute atomic E-state index is 0.615. The second kappa shape index (κ2) is 5.95. The SMILES string of the molecule is CC(C)(C)OC(=O)NC([C]=O)c1cccc2ccccc12. The van der Waals surface area contributed by atoms with Crippen LogP contribution in [0.3, 0.4) is 0 Å². The van der Waals surface area contributed by atoms with E-state index in [1.54, 1.807) is 26.8 Å². The van der Waals surface area contributed by atoms with Crippen LogP contribution in [0, 0.1) is 0 Å². The Hall–Kier alpha value is -2.36. The Morgan fingerprint density at radius 3 is 2.48 bits per heavy atom. The third-order valence-electron chi connectivity index (χ3n) is 2.91. The van der Waals surface area contributed by atoms with Crippen LogP contribution in [0.25, 0.3) is 10.8 Å². The van der Waals surface area contributed by atoms with Gasteiger partial charge in [0, 0.05) is 0 Å². The first-order valence-corrected chi connectivity index (χ1v) is 6.75. The van der Waals surface area contributed by atoms with Gasteiger partial charge in [-0.05, 0) is 37.1 Å². The number of benzene rings is 2. The lowest BCUT2D eigenvalue weighted by Gasteiger charge is -2.21. The normalized spacial score (nSPS) is 12.7. The number of alkyl carbamates (subject to hydrolysis) is 1. The highest BCUT2D eigenvalue weighted by Gasteiger charge is 2.21. The van der Waals surface area contributed by atoms with Gasteiger partial charge in [-0.15, -0.1) is 0 Å². The van der Waals surface area contributed by atoms with Gasteiger partial charge in [0.2, 0.25) is 6.29 Å². The van der Waals surface area contributed by atoms with Gasteiger partial charge in [-0.25, -0.2) is 4.79 Å². The fraction of sp³-hybridized carbons (Fsp3) is 0.294. The number of hydrogen-bond donors (Lipinski definition) is 1. The molecule has 2 aromatic carbocycles. The van der Waals surface area contributed by atoms with E-state index in [4.69, 9.17) is 4.74 Å². The highest BCUT2D eigenvalue weighted by molar-refractivity contribution is 5.89. The van der Waals surface area contributed by atoms with Gasteiger partial charge in [0.25, 0.3) is 0 Å². The van der Waals surface area contributed by atoms with E-state index in [-0.39, 0.29) is 0 Å². The highest BCUT2D eigenvalue weighted by atomic mass is 16.6. The highest BCUT2D eigenvalue weighted by Crippen LogP contribution is 2.23. The number of ether oxygens (including phenoxy) is 1. The summed E-state index contributed by atoms with van der Waals surface area (Å²) in [5, 5.41) is 4.45. The van der Waals surface area contributed by atoms with Crippen molar-refractivity contribution in [1.82, 2.24) is 5.32 Å². The molecule has 0 saturated carbocycles. The molecule has 109 valence electrons. The molecule has 0 aliphatic carbocycles. The minimum atomic E-state index is -0.856. The van der Waals surface area contributed by atoms with Gasteiger partial charge in [-0.1, -0.05) is 42.5 Å². The topological polar surface area (TPSA) is 55.4 Å². The summed E-state index contributed by atoms with van der Waals surface area (Å²) in [5.41, 5.74) is 0.0879. The first-order valence-electron chi connectivity index (χ1n) is 6.75. The molecule has 2 rings (SSSR count). The van der Waals surface area contributed by atoms with Gasteiger partial charge in [0.15, 0.2) is 0 Å². The summed E-state index contributed by atoms with van der Waals surface area (Å²) in [7, 11) is 0. The number of nitrogens with one attached hydrogen (secondary N) is 1. The van der Waals surface area contributed by atoms with Crippen molar-refractivity contribution in [1.29, 1.82) is 0 Å². The van der Waals surface area contributed by atoms with Crippen molar-refractivity contribution in [2.24, 2.45) is 0 Å². The Bertz CT molecular complexity index is 653. The lowest BCUT2D eigenvalue weighted by atomic mass is 9.99. The molecule has 0 aromatic heterocycles. The lowest BCUT2D eigenvalue weighted by Crippen LogP contribution is -2.35. The maximum absolute atomic E-state index is 11.8. The molecule has 0 heterocycles. The summed E-state index contributed by atoms with van der Waals surface area (Å²) in [6, 6.07) is 12.4. The van der Waals surface area contributed by atoms with Crippen molar-refractivity contribution >= 4 is 23.2 Å². The zero-order chi connectivity index (χ0) is 15.5. The Morgan fingerprint density at radius 1 is 1.14 bits per heavy atom. The molecule has 0 bridgehead atoms. The van der Waals surface area contributed by atoms with Crippen LogP contribution in [0.15, 0.2) is 42.5 Å². The summed E-state index contributed by atoms with van der Waals surface area (Å²) in [5.74, 6) is 0. The number of hydrogen-bond acceptors (Lipinski definition) is 3. The second-order valence-corrected chi connectivity index (χ2v) is 5.77. The van der Waals surface area contributed by atoms with Gasteiger partial charge in [0.05, 0.1) is 0 Å². The fourth-order valence-corrected chi connectivity index (χ4v) is 2.10. The molecule has 1 atom stereocenters. The van der Waals surface area contributed by atoms with Crippen molar-refractivity contribution in [3.05, 3.63) is 48.0 Å². The number of carbonyl (C=O) groups excluding carboxylic acids is 2. The first kappa shape index (κ1) is 15.0. The lowest BCUT2D eigenvalue weighted by molar-refractivity contribution is 0.0517. The van der Waals surface area contributed by atoms with E-state index in [0.29, 0.717) is 5.56 Å². The molecule has 1 unspecified atom stereocenters. The average molecular weight is 284 g/mol. The van der Waals surface area contributed by atoms with Crippen LogP contribution in [0.1, 0.15) is 32.4 Å². The standard InChI is InChI=1S/C17H18NO3/c1-17(2,3)21-16(20)18-15(11-19)14-10-6-8-12-7-4-5-9-13(12)14/h4-10,15H,1-3H3,(H,18,20). The zero-order valence-electron chi connectivity index (χ0n) is 12.3. The van der Waals surface area contributed by atoms with Crippen molar-refractivity contribution in [2.45, 2.75) is 32.4 Å². The van der Waals surface area contributed by atoms with Crippen LogP contribution in [0.2, 0.25) is 0 Å². The predicted octanol–water partition coefficient (Wildman–Crippen LogP) is 3.52. The van der Waals surface area contributed by atoms with Crippen LogP contribution >= 0.6 is 0 Å². The Kier molecular flexibility index (Phi) is 4.26. The van der Waals surface area contributed by atoms with Crippen molar-refractivity contribution < 1.29 is 14.3 Å². The summed E-state index contributed by atoms with van der Waals surface area (Å²) in [4.78, 5) is 23.1. The van der Waals surface area contributed by atoms with Gasteiger partial charge < -0.3 is 10.1 Å². The number of rotatable bonds is 3. The molecule has 2 aromatic rings. The van der Waals surface area contributed by atoms with E-state index in [1.807, 2.05) is 42.7 Å². The molecule has 1 N–H and O–H groups in total. The molecule has 0 aliphatic heterocycles. The number of fused-ring (bicyclic) bond motifs is 1. The van der Waals surface area contributed by atoms with Crippen LogP contribution in [-0.4, -0.2) is 18.0 Å². The van der Waals surface area contributed by atoms with E-state index in [9.17, 15) is 9.59 Å². The largest absolute Gasteiger partial charge is 0.444 e. The predicted molar refractivity (Wildman–Crippen MR) is 81.8 cm³/mol. The number of carbonyl (C=O) groups is 1. The molecule has 0 spiro atoms. The Labute approximate surface area is 124 Å². The Balaban J connectivity index is 2.28. The summed E-state index contributed by atoms with van der Waals surface area (Å²) in [6.45, 7) is 5.30. The van der Waals surface area contributed by atoms with Crippen LogP contribution in [0.5, 0.6) is 0 Å². The molecule has 0 aliphatic rings. The van der Waals surface area contributed by atoms with Crippen LogP contribution in [0.4, 0.5) is 4.79 Å². The quantitative estimate of drug-likeness (QED) is 0.938. The first-order chi connectivity index (χ1) is 9.90. The van der Waals surface area contributed by atoms with Gasteiger partial charge in [0.1, 0.15) is 11.6 Å². The van der Waals surface area contributed by atoms with Crippen molar-refractivity contribution in [3.63, 3.8) is 0 Å². The maximum Gasteiger partial charge on any atom is 0.408 e.